The summed E-state index contributed by atoms with van der Waals surface area (Å²) in [5.74, 6) is -1.60. The normalized spacial score (nSPS) is 18.2. The number of rotatable bonds is 13. The fraction of sp³-hybridized carbons (Fsp3) is 0.342. The first kappa shape index (κ1) is 35.8. The van der Waals surface area contributed by atoms with Gasteiger partial charge in [-0.2, -0.15) is 0 Å². The van der Waals surface area contributed by atoms with Gasteiger partial charge in [-0.1, -0.05) is 18.2 Å². The molecule has 14 heteroatoms. The van der Waals surface area contributed by atoms with Crippen molar-refractivity contribution in [3.05, 3.63) is 119 Å². The molecule has 1 aliphatic rings. The van der Waals surface area contributed by atoms with Crippen LogP contribution in [-0.2, 0) is 23.5 Å². The highest BCUT2D eigenvalue weighted by molar-refractivity contribution is 7.12. The number of aromatic hydroxyl groups is 1. The second kappa shape index (κ2) is 14.8. The molecule has 1 unspecified atom stereocenters. The smallest absolute Gasteiger partial charge is 0.419 e. The zero-order chi connectivity index (χ0) is 36.6. The average Bonchev–Trinajstić information content (AvgIpc) is 3.92. The highest BCUT2D eigenvalue weighted by atomic mass is 32.1. The van der Waals surface area contributed by atoms with E-state index in [4.69, 9.17) is 4.42 Å². The zero-order valence-electron chi connectivity index (χ0n) is 28.4. The van der Waals surface area contributed by atoms with Gasteiger partial charge in [0.15, 0.2) is 5.58 Å². The number of carboxylic acid groups (broad SMARTS) is 1. The number of hydrogen-bond donors (Lipinski definition) is 6. The number of thiophene rings is 2. The van der Waals surface area contributed by atoms with Crippen LogP contribution in [0.2, 0.25) is 0 Å². The van der Waals surface area contributed by atoms with Crippen LogP contribution in [0, 0.1) is 0 Å². The van der Waals surface area contributed by atoms with Crippen molar-refractivity contribution >= 4 is 50.6 Å². The Hall–Kier alpha value is -4.57. The van der Waals surface area contributed by atoms with Crippen LogP contribution in [-0.4, -0.2) is 67.0 Å². The average molecular weight is 745 g/mol. The van der Waals surface area contributed by atoms with E-state index in [2.05, 4.69) is 22.2 Å². The third kappa shape index (κ3) is 6.85. The fourth-order valence-electron chi connectivity index (χ4n) is 7.45. The minimum atomic E-state index is -2.06. The van der Waals surface area contributed by atoms with Crippen LogP contribution in [0.1, 0.15) is 64.1 Å². The molecule has 0 saturated heterocycles. The number of pyridine rings is 1. The number of carbonyl (C=O) groups is 1. The number of oxazole rings is 1. The highest BCUT2D eigenvalue weighted by Gasteiger charge is 2.45. The van der Waals surface area contributed by atoms with E-state index in [1.165, 1.54) is 34.8 Å². The van der Waals surface area contributed by atoms with Gasteiger partial charge in [-0.3, -0.25) is 9.36 Å². The van der Waals surface area contributed by atoms with E-state index < -0.39 is 23.4 Å². The molecule has 4 aromatic heterocycles. The summed E-state index contributed by atoms with van der Waals surface area (Å²) in [7, 11) is 2.06. The molecule has 2 atom stereocenters. The Morgan fingerprint density at radius 1 is 1.08 bits per heavy atom. The maximum atomic E-state index is 12.9. The third-order valence-corrected chi connectivity index (χ3v) is 12.3. The van der Waals surface area contributed by atoms with E-state index in [9.17, 15) is 34.8 Å². The molecule has 0 radical (unpaired) electrons. The first-order valence-electron chi connectivity index (χ1n) is 17.2. The summed E-state index contributed by atoms with van der Waals surface area (Å²) in [6, 6.07) is 17.3. The number of carboxylic acids is 1. The van der Waals surface area contributed by atoms with Gasteiger partial charge in [-0.25, -0.2) is 9.59 Å². The van der Waals surface area contributed by atoms with Crippen LogP contribution in [0.15, 0.2) is 85.4 Å². The molecule has 1 saturated carbocycles. The number of aliphatic carboxylic acids is 1. The molecule has 0 bridgehead atoms. The summed E-state index contributed by atoms with van der Waals surface area (Å²) in [5.41, 5.74) is 1.43. The standard InChI is InChI=1S/C38H40N4O8S2/c1-41(24-7-5-23(6-8-24)25-14-18-52-35(25)38(49,36(46)47)32-3-2-17-51-32)15-16-42-28-11-4-22(19-31(28)50-37(42)48)20-39-21-30(44)26-9-12-29(43)34-27(26)10-13-33(45)40-34/h2-4,9-14,17-19,23-24,30,39,43-44,49H,5-8,15-16,20-21H2,1H3,(H,40,45)(H,46,47)/t23?,24?,30-,38?/m0/s1. The molecule has 1 aliphatic carbocycles. The Kier molecular flexibility index (Phi) is 10.2. The molecular formula is C38H40N4O8S2. The number of phenolic OH excluding ortho intramolecular Hbond substituents is 1. The lowest BCUT2D eigenvalue weighted by atomic mass is 9.79. The van der Waals surface area contributed by atoms with Crippen molar-refractivity contribution in [1.29, 1.82) is 0 Å². The van der Waals surface area contributed by atoms with Crippen LogP contribution in [0.3, 0.4) is 0 Å². The summed E-state index contributed by atoms with van der Waals surface area (Å²) < 4.78 is 7.27. The van der Waals surface area contributed by atoms with Crippen molar-refractivity contribution < 1.29 is 29.6 Å². The first-order valence-corrected chi connectivity index (χ1v) is 18.9. The molecule has 0 spiro atoms. The summed E-state index contributed by atoms with van der Waals surface area (Å²) >= 11 is 2.53. The number of H-pyrrole nitrogens is 1. The molecule has 6 aromatic rings. The Morgan fingerprint density at radius 3 is 2.63 bits per heavy atom. The lowest BCUT2D eigenvalue weighted by Crippen LogP contribution is -2.38. The van der Waals surface area contributed by atoms with Crippen LogP contribution >= 0.6 is 22.7 Å². The van der Waals surface area contributed by atoms with Crippen molar-refractivity contribution in [3.63, 3.8) is 0 Å². The molecule has 12 nitrogen and oxygen atoms in total. The van der Waals surface area contributed by atoms with Crippen LogP contribution in [0.25, 0.3) is 22.0 Å². The summed E-state index contributed by atoms with van der Waals surface area (Å²) in [5, 5.41) is 50.0. The Bertz CT molecular complexity index is 2320. The molecule has 1 fully saturated rings. The van der Waals surface area contributed by atoms with Crippen molar-refractivity contribution in [2.75, 3.05) is 20.1 Å². The summed E-state index contributed by atoms with van der Waals surface area (Å²) in [6.07, 6.45) is 2.66. The number of benzene rings is 2. The van der Waals surface area contributed by atoms with E-state index in [1.54, 1.807) is 34.2 Å². The number of fused-ring (bicyclic) bond motifs is 2. The summed E-state index contributed by atoms with van der Waals surface area (Å²) in [6.45, 7) is 1.73. The molecular weight excluding hydrogens is 705 g/mol. The van der Waals surface area contributed by atoms with Gasteiger partial charge >= 0.3 is 11.7 Å². The third-order valence-electron chi connectivity index (χ3n) is 10.3. The van der Waals surface area contributed by atoms with Gasteiger partial charge in [0, 0.05) is 43.7 Å². The van der Waals surface area contributed by atoms with Gasteiger partial charge in [0.05, 0.1) is 26.9 Å². The molecule has 272 valence electrons. The zero-order valence-corrected chi connectivity index (χ0v) is 30.1. The van der Waals surface area contributed by atoms with E-state index in [1.807, 2.05) is 29.6 Å². The predicted octanol–water partition coefficient (Wildman–Crippen LogP) is 5.07. The SMILES string of the molecule is CN(CCn1c(=O)oc2cc(CNC[C@H](O)c3ccc(O)c4[nH]c(=O)ccc34)ccc21)C1CCC(c2ccsc2C(O)(C(=O)O)c2cccs2)CC1. The topological polar surface area (TPSA) is 181 Å². The molecule has 0 amide bonds. The van der Waals surface area contributed by atoms with E-state index in [-0.39, 0.29) is 29.3 Å². The van der Waals surface area contributed by atoms with Crippen molar-refractivity contribution in [2.24, 2.45) is 0 Å². The molecule has 2 aromatic carbocycles. The van der Waals surface area contributed by atoms with Crippen LogP contribution in [0.4, 0.5) is 0 Å². The summed E-state index contributed by atoms with van der Waals surface area (Å²) in [4.78, 5) is 42.7. The number of phenols is 1. The lowest BCUT2D eigenvalue weighted by molar-refractivity contribution is -0.154. The number of hydrogen-bond acceptors (Lipinski definition) is 11. The Balaban J connectivity index is 0.939. The van der Waals surface area contributed by atoms with E-state index >= 15 is 0 Å². The quantitative estimate of drug-likeness (QED) is 0.0935. The number of nitrogens with zero attached hydrogens (tertiary/aromatic N) is 2. The molecule has 4 heterocycles. The maximum absolute atomic E-state index is 12.9. The number of likely N-dealkylation sites (N-methyl/N-ethyl adjacent to an activating group) is 1. The highest BCUT2D eigenvalue weighted by Crippen LogP contribution is 2.44. The van der Waals surface area contributed by atoms with Gasteiger partial charge in [0.1, 0.15) is 5.75 Å². The number of aliphatic hydroxyl groups is 2. The van der Waals surface area contributed by atoms with Crippen LogP contribution in [0.5, 0.6) is 5.75 Å². The second-order valence-electron chi connectivity index (χ2n) is 13.4. The minimum Gasteiger partial charge on any atom is -0.506 e. The Labute approximate surface area is 306 Å². The van der Waals surface area contributed by atoms with Gasteiger partial charge in [-0.15, -0.1) is 22.7 Å². The van der Waals surface area contributed by atoms with E-state index in [0.717, 1.165) is 36.8 Å². The molecule has 6 N–H and O–H groups in total. The molecule has 7 rings (SSSR count). The molecule has 0 aliphatic heterocycles. The number of nitrogens with one attached hydrogen (secondary N) is 2. The minimum absolute atomic E-state index is 0.0678. The Morgan fingerprint density at radius 2 is 1.88 bits per heavy atom. The number of aromatic nitrogens is 2. The van der Waals surface area contributed by atoms with Gasteiger partial charge < -0.3 is 40.0 Å². The van der Waals surface area contributed by atoms with Crippen LogP contribution < -0.4 is 16.6 Å². The number of aliphatic hydroxyl groups excluding tert-OH is 1. The van der Waals surface area contributed by atoms with Crippen molar-refractivity contribution in [1.82, 2.24) is 19.8 Å². The van der Waals surface area contributed by atoms with Crippen molar-refractivity contribution in [3.8, 4) is 5.75 Å². The van der Waals surface area contributed by atoms with Crippen molar-refractivity contribution in [2.45, 2.75) is 62.4 Å². The second-order valence-corrected chi connectivity index (χ2v) is 15.3. The largest absolute Gasteiger partial charge is 0.506 e. The van der Waals surface area contributed by atoms with Gasteiger partial charge in [0.25, 0.3) is 0 Å². The van der Waals surface area contributed by atoms with Gasteiger partial charge in [-0.05, 0) is 102 Å². The number of aromatic amines is 1. The fourth-order valence-corrected chi connectivity index (χ4v) is 9.42. The first-order chi connectivity index (χ1) is 25.0. The van der Waals surface area contributed by atoms with E-state index in [0.29, 0.717) is 57.5 Å². The lowest BCUT2D eigenvalue weighted by Gasteiger charge is -2.35. The van der Waals surface area contributed by atoms with Gasteiger partial charge in [0.2, 0.25) is 11.2 Å². The monoisotopic (exact) mass is 744 g/mol. The predicted molar refractivity (Wildman–Crippen MR) is 200 cm³/mol. The maximum Gasteiger partial charge on any atom is 0.419 e. The molecule has 52 heavy (non-hydrogen) atoms.